The van der Waals surface area contributed by atoms with E-state index in [-0.39, 0.29) is 12.2 Å². The number of benzene rings is 1. The van der Waals surface area contributed by atoms with E-state index in [0.717, 1.165) is 5.56 Å². The zero-order valence-electron chi connectivity index (χ0n) is 8.76. The summed E-state index contributed by atoms with van der Waals surface area (Å²) in [5, 5.41) is 28.6. The lowest BCUT2D eigenvalue weighted by atomic mass is 10.1. The number of phenolic OH excluding ortho intramolecular Hbond substituents is 1. The number of rotatable bonds is 4. The number of carboxylic acids is 1. The SMILES string of the molecule is O=C(O)[C@H](Cc1ccc(O)cc1)n1cnnn1. The van der Waals surface area contributed by atoms with E-state index in [2.05, 4.69) is 15.5 Å². The average molecular weight is 234 g/mol. The number of carboxylic acid groups (broad SMARTS) is 1. The van der Waals surface area contributed by atoms with Crippen LogP contribution in [0, 0.1) is 0 Å². The topological polar surface area (TPSA) is 101 Å². The molecule has 1 atom stereocenters. The van der Waals surface area contributed by atoms with Crippen molar-refractivity contribution < 1.29 is 15.0 Å². The minimum absolute atomic E-state index is 0.142. The van der Waals surface area contributed by atoms with Gasteiger partial charge in [-0.05, 0) is 28.1 Å². The van der Waals surface area contributed by atoms with E-state index in [1.54, 1.807) is 12.1 Å². The Morgan fingerprint density at radius 2 is 2.06 bits per heavy atom. The van der Waals surface area contributed by atoms with Crippen LogP contribution in [0.1, 0.15) is 11.6 Å². The standard InChI is InChI=1S/C10H10N4O3/c15-8-3-1-7(2-4-8)5-9(10(16)17)14-6-11-12-13-14/h1-4,6,9,15H,5H2,(H,16,17)/t9-/m0/s1. The van der Waals surface area contributed by atoms with Crippen LogP contribution in [-0.2, 0) is 11.2 Å². The fraction of sp³-hybridized carbons (Fsp3) is 0.200. The highest BCUT2D eigenvalue weighted by Crippen LogP contribution is 2.16. The number of aliphatic carboxylic acids is 1. The molecule has 1 heterocycles. The maximum Gasteiger partial charge on any atom is 0.328 e. The van der Waals surface area contributed by atoms with Gasteiger partial charge in [-0.25, -0.2) is 9.48 Å². The second-order valence-corrected chi connectivity index (χ2v) is 3.51. The van der Waals surface area contributed by atoms with E-state index in [0.29, 0.717) is 0 Å². The molecule has 7 heteroatoms. The van der Waals surface area contributed by atoms with Crippen LogP contribution in [0.4, 0.5) is 0 Å². The normalized spacial score (nSPS) is 12.2. The molecule has 0 spiro atoms. The maximum atomic E-state index is 11.1. The molecular formula is C10H10N4O3. The predicted molar refractivity (Wildman–Crippen MR) is 56.3 cm³/mol. The number of aromatic nitrogens is 4. The average Bonchev–Trinajstić information content (AvgIpc) is 2.81. The number of hydrogen-bond donors (Lipinski definition) is 2. The Hall–Kier alpha value is -2.44. The van der Waals surface area contributed by atoms with Crippen LogP contribution >= 0.6 is 0 Å². The monoisotopic (exact) mass is 234 g/mol. The third-order valence-electron chi connectivity index (χ3n) is 2.33. The van der Waals surface area contributed by atoms with E-state index >= 15 is 0 Å². The fourth-order valence-electron chi connectivity index (χ4n) is 1.46. The van der Waals surface area contributed by atoms with E-state index in [1.807, 2.05) is 0 Å². The van der Waals surface area contributed by atoms with E-state index in [1.165, 1.54) is 23.1 Å². The molecule has 7 nitrogen and oxygen atoms in total. The van der Waals surface area contributed by atoms with Crippen LogP contribution in [0.3, 0.4) is 0 Å². The summed E-state index contributed by atoms with van der Waals surface area (Å²) in [5.74, 6) is -0.867. The van der Waals surface area contributed by atoms with Gasteiger partial charge in [-0.2, -0.15) is 0 Å². The maximum absolute atomic E-state index is 11.1. The molecule has 0 fully saturated rings. The molecule has 0 radical (unpaired) electrons. The van der Waals surface area contributed by atoms with Gasteiger partial charge >= 0.3 is 5.97 Å². The number of nitrogens with zero attached hydrogens (tertiary/aromatic N) is 4. The van der Waals surface area contributed by atoms with Gasteiger partial charge in [0.2, 0.25) is 0 Å². The second kappa shape index (κ2) is 4.60. The highest BCUT2D eigenvalue weighted by Gasteiger charge is 2.21. The first-order valence-corrected chi connectivity index (χ1v) is 4.90. The van der Waals surface area contributed by atoms with Crippen LogP contribution in [0.5, 0.6) is 5.75 Å². The molecular weight excluding hydrogens is 224 g/mol. The summed E-state index contributed by atoms with van der Waals surface area (Å²) in [7, 11) is 0. The van der Waals surface area contributed by atoms with Crippen molar-refractivity contribution in [3.8, 4) is 5.75 Å². The van der Waals surface area contributed by atoms with Crippen LogP contribution < -0.4 is 0 Å². The molecule has 0 amide bonds. The predicted octanol–water partition coefficient (Wildman–Crippen LogP) is 0.247. The van der Waals surface area contributed by atoms with Gasteiger partial charge < -0.3 is 10.2 Å². The molecule has 0 aliphatic heterocycles. The Labute approximate surface area is 96.3 Å². The summed E-state index contributed by atoms with van der Waals surface area (Å²) < 4.78 is 1.19. The summed E-state index contributed by atoms with van der Waals surface area (Å²) in [4.78, 5) is 11.1. The lowest BCUT2D eigenvalue weighted by Crippen LogP contribution is -2.22. The Bertz CT molecular complexity index is 495. The minimum Gasteiger partial charge on any atom is -0.508 e. The molecule has 2 N–H and O–H groups in total. The largest absolute Gasteiger partial charge is 0.508 e. The van der Waals surface area contributed by atoms with Crippen molar-refractivity contribution in [2.75, 3.05) is 0 Å². The highest BCUT2D eigenvalue weighted by molar-refractivity contribution is 5.72. The lowest BCUT2D eigenvalue weighted by molar-refractivity contribution is -0.141. The van der Waals surface area contributed by atoms with Gasteiger partial charge in [-0.3, -0.25) is 0 Å². The first kappa shape index (κ1) is 11.1. The minimum atomic E-state index is -1.01. The Balaban J connectivity index is 2.19. The van der Waals surface area contributed by atoms with E-state index < -0.39 is 12.0 Å². The number of hydrogen-bond acceptors (Lipinski definition) is 5. The summed E-state index contributed by atoms with van der Waals surface area (Å²) in [5.41, 5.74) is 0.783. The second-order valence-electron chi connectivity index (χ2n) is 3.51. The molecule has 0 bridgehead atoms. The molecule has 1 aromatic heterocycles. The van der Waals surface area contributed by atoms with Crippen LogP contribution in [0.25, 0.3) is 0 Å². The van der Waals surface area contributed by atoms with Crippen molar-refractivity contribution in [3.05, 3.63) is 36.2 Å². The highest BCUT2D eigenvalue weighted by atomic mass is 16.4. The molecule has 0 saturated carbocycles. The summed E-state index contributed by atoms with van der Waals surface area (Å²) in [6.45, 7) is 0. The molecule has 0 saturated heterocycles. The van der Waals surface area contributed by atoms with Gasteiger partial charge in [-0.15, -0.1) is 5.10 Å². The molecule has 0 unspecified atom stereocenters. The van der Waals surface area contributed by atoms with Crippen LogP contribution in [0.2, 0.25) is 0 Å². The lowest BCUT2D eigenvalue weighted by Gasteiger charge is -2.11. The van der Waals surface area contributed by atoms with Gasteiger partial charge in [0.05, 0.1) is 0 Å². The van der Waals surface area contributed by atoms with Gasteiger partial charge in [0.1, 0.15) is 12.1 Å². The van der Waals surface area contributed by atoms with Crippen LogP contribution in [0.15, 0.2) is 30.6 Å². The van der Waals surface area contributed by atoms with Crippen LogP contribution in [-0.4, -0.2) is 36.4 Å². The molecule has 0 aliphatic carbocycles. The number of tetrazole rings is 1. The summed E-state index contributed by atoms with van der Waals surface area (Å²) in [6, 6.07) is 5.49. The van der Waals surface area contributed by atoms with E-state index in [9.17, 15) is 4.79 Å². The van der Waals surface area contributed by atoms with Crippen molar-refractivity contribution in [2.45, 2.75) is 12.5 Å². The smallest absolute Gasteiger partial charge is 0.328 e. The summed E-state index contributed by atoms with van der Waals surface area (Å²) >= 11 is 0. The van der Waals surface area contributed by atoms with Crippen molar-refractivity contribution >= 4 is 5.97 Å². The third kappa shape index (κ3) is 2.57. The molecule has 2 aromatic rings. The van der Waals surface area contributed by atoms with E-state index in [4.69, 9.17) is 10.2 Å². The van der Waals surface area contributed by atoms with Crippen molar-refractivity contribution in [3.63, 3.8) is 0 Å². The Morgan fingerprint density at radius 1 is 1.35 bits per heavy atom. The Kier molecular flexibility index (Phi) is 2.99. The third-order valence-corrected chi connectivity index (χ3v) is 2.33. The van der Waals surface area contributed by atoms with Crippen molar-refractivity contribution in [1.29, 1.82) is 0 Å². The summed E-state index contributed by atoms with van der Waals surface area (Å²) in [6.07, 6.45) is 1.51. The number of aromatic hydroxyl groups is 1. The number of carbonyl (C=O) groups is 1. The quantitative estimate of drug-likeness (QED) is 0.786. The Morgan fingerprint density at radius 3 is 2.59 bits per heavy atom. The molecule has 88 valence electrons. The first-order valence-electron chi connectivity index (χ1n) is 4.90. The zero-order chi connectivity index (χ0) is 12.3. The van der Waals surface area contributed by atoms with Crippen molar-refractivity contribution in [2.24, 2.45) is 0 Å². The van der Waals surface area contributed by atoms with Gasteiger partial charge in [0, 0.05) is 6.42 Å². The van der Waals surface area contributed by atoms with Crippen molar-refractivity contribution in [1.82, 2.24) is 20.2 Å². The molecule has 0 aliphatic rings. The van der Waals surface area contributed by atoms with Gasteiger partial charge in [-0.1, -0.05) is 12.1 Å². The van der Waals surface area contributed by atoms with Gasteiger partial charge in [0.25, 0.3) is 0 Å². The molecule has 1 aromatic carbocycles. The zero-order valence-corrected chi connectivity index (χ0v) is 8.76. The number of phenols is 1. The molecule has 17 heavy (non-hydrogen) atoms. The fourth-order valence-corrected chi connectivity index (χ4v) is 1.46. The van der Waals surface area contributed by atoms with Gasteiger partial charge in [0.15, 0.2) is 6.04 Å². The first-order chi connectivity index (χ1) is 8.16. The molecule has 2 rings (SSSR count).